The summed E-state index contributed by atoms with van der Waals surface area (Å²) in [6.45, 7) is 10.1. The number of nitrogens with one attached hydrogen (secondary N) is 2. The highest BCUT2D eigenvalue weighted by molar-refractivity contribution is 5.74. The van der Waals surface area contributed by atoms with Crippen LogP contribution in [0.2, 0.25) is 0 Å². The Kier molecular flexibility index (Phi) is 7.29. The van der Waals surface area contributed by atoms with Gasteiger partial charge in [-0.25, -0.2) is 4.79 Å². The number of hydrogen-bond donors (Lipinski definition) is 2. The number of rotatable bonds is 3. The lowest BCUT2D eigenvalue weighted by atomic mass is 9.44. The minimum Gasteiger partial charge on any atom is -0.346 e. The Morgan fingerprint density at radius 1 is 0.775 bits per heavy atom. The van der Waals surface area contributed by atoms with Gasteiger partial charge in [0.15, 0.2) is 5.79 Å². The number of urea groups is 1. The van der Waals surface area contributed by atoms with E-state index in [0.29, 0.717) is 47.0 Å². The maximum Gasteiger partial charge on any atom is 0.315 e. The zero-order chi connectivity index (χ0) is 27.7. The first-order valence-electron chi connectivity index (χ1n) is 17.7. The second kappa shape index (κ2) is 10.4. The molecule has 226 valence electrons. The molecule has 2 heterocycles. The fourth-order valence-electron chi connectivity index (χ4n) is 12.4. The predicted octanol–water partition coefficient (Wildman–Crippen LogP) is 7.97. The molecular formula is C35H58N2O3. The molecule has 0 aromatic carbocycles. The molecule has 5 saturated carbocycles. The average molecular weight is 555 g/mol. The molecule has 0 aromatic rings. The summed E-state index contributed by atoms with van der Waals surface area (Å²) < 4.78 is 13.8. The van der Waals surface area contributed by atoms with Gasteiger partial charge < -0.3 is 20.1 Å². The largest absolute Gasteiger partial charge is 0.346 e. The zero-order valence-corrected chi connectivity index (χ0v) is 26.0. The van der Waals surface area contributed by atoms with Crippen molar-refractivity contribution >= 4 is 6.03 Å². The maximum absolute atomic E-state index is 12.8. The van der Waals surface area contributed by atoms with Gasteiger partial charge in [0, 0.05) is 24.4 Å². The highest BCUT2D eigenvalue weighted by Crippen LogP contribution is 2.71. The van der Waals surface area contributed by atoms with Gasteiger partial charge in [-0.05, 0) is 124 Å². The number of amides is 2. The summed E-state index contributed by atoms with van der Waals surface area (Å²) in [4.78, 5) is 12.8. The Morgan fingerprint density at radius 3 is 2.35 bits per heavy atom. The van der Waals surface area contributed by atoms with Gasteiger partial charge in [-0.1, -0.05) is 47.0 Å². The third-order valence-electron chi connectivity index (χ3n) is 14.5. The van der Waals surface area contributed by atoms with Crippen molar-refractivity contribution in [2.45, 2.75) is 167 Å². The Morgan fingerprint density at radius 2 is 1.55 bits per heavy atom. The van der Waals surface area contributed by atoms with Crippen molar-refractivity contribution in [1.29, 1.82) is 0 Å². The van der Waals surface area contributed by atoms with Crippen LogP contribution >= 0.6 is 0 Å². The molecule has 12 atom stereocenters. The number of hydrogen-bond acceptors (Lipinski definition) is 3. The molecule has 7 fully saturated rings. The van der Waals surface area contributed by atoms with Gasteiger partial charge in [-0.15, -0.1) is 0 Å². The summed E-state index contributed by atoms with van der Waals surface area (Å²) in [6, 6.07) is 0.838. The third kappa shape index (κ3) is 4.40. The van der Waals surface area contributed by atoms with Gasteiger partial charge >= 0.3 is 6.03 Å². The van der Waals surface area contributed by atoms with E-state index < -0.39 is 0 Å². The molecular weight excluding hydrogens is 496 g/mol. The summed E-state index contributed by atoms with van der Waals surface area (Å²) in [7, 11) is 0. The van der Waals surface area contributed by atoms with E-state index in [0.717, 1.165) is 55.8 Å². The van der Waals surface area contributed by atoms with E-state index in [-0.39, 0.29) is 11.8 Å². The molecule has 2 saturated heterocycles. The highest BCUT2D eigenvalue weighted by atomic mass is 16.7. The third-order valence-corrected chi connectivity index (χ3v) is 14.5. The Hall–Kier alpha value is -0.810. The van der Waals surface area contributed by atoms with Crippen LogP contribution in [-0.4, -0.2) is 36.1 Å². The van der Waals surface area contributed by atoms with E-state index in [1.54, 1.807) is 0 Å². The summed E-state index contributed by atoms with van der Waals surface area (Å²) in [6.07, 6.45) is 22.0. The molecule has 5 nitrogen and oxygen atoms in total. The fraction of sp³-hybridized carbons (Fsp3) is 0.971. The van der Waals surface area contributed by atoms with Crippen molar-refractivity contribution in [3.8, 4) is 0 Å². The normalized spacial score (nSPS) is 52.4. The minimum absolute atomic E-state index is 0.0965. The van der Waals surface area contributed by atoms with Gasteiger partial charge in [0.2, 0.25) is 0 Å². The molecule has 7 aliphatic rings. The SMILES string of the molecule is CCC1CCC[C@@]2(O1)O[C@H]1C[C@H]3[C@@H]4CC[C@@H]5C[C@@H](NC(=O)NC6CCCCC6)CC[C@]5(C)[C@H]4CC[C@]3(C)[C@H]1[C@@H]2C. The summed E-state index contributed by atoms with van der Waals surface area (Å²) >= 11 is 0. The van der Waals surface area contributed by atoms with Gasteiger partial charge in [-0.3, -0.25) is 0 Å². The molecule has 2 amide bonds. The van der Waals surface area contributed by atoms with Gasteiger partial charge in [0.1, 0.15) is 0 Å². The molecule has 40 heavy (non-hydrogen) atoms. The zero-order valence-electron chi connectivity index (χ0n) is 26.0. The number of ether oxygens (including phenoxy) is 2. The smallest absolute Gasteiger partial charge is 0.315 e. The van der Waals surface area contributed by atoms with Crippen LogP contribution in [0.3, 0.4) is 0 Å². The van der Waals surface area contributed by atoms with Gasteiger partial charge in [0.05, 0.1) is 12.2 Å². The average Bonchev–Trinajstić information content (AvgIpc) is 3.38. The second-order valence-corrected chi connectivity index (χ2v) is 16.2. The lowest BCUT2D eigenvalue weighted by molar-refractivity contribution is -0.288. The van der Waals surface area contributed by atoms with Gasteiger partial charge in [-0.2, -0.15) is 0 Å². The number of carbonyl (C=O) groups is 1. The van der Waals surface area contributed by atoms with Crippen LogP contribution in [0, 0.1) is 46.3 Å². The van der Waals surface area contributed by atoms with Crippen molar-refractivity contribution in [3.05, 3.63) is 0 Å². The monoisotopic (exact) mass is 554 g/mol. The minimum atomic E-state index is -0.308. The molecule has 2 N–H and O–H groups in total. The Labute approximate surface area is 244 Å². The van der Waals surface area contributed by atoms with Crippen molar-refractivity contribution in [3.63, 3.8) is 0 Å². The standard InChI is InChI=1S/C35H58N2O3/c1-5-26-12-9-17-35(39-26)22(2)31-30(40-35)21-29-27-14-13-23-20-25(37-32(38)36-24-10-7-6-8-11-24)15-18-33(23,3)28(27)16-19-34(29,31)4/h22-31H,5-21H2,1-4H3,(H2,36,37,38)/t22-,23+,25-,26?,27+,28-,29-,30-,31-,33-,34-,35+/m0/s1. The summed E-state index contributed by atoms with van der Waals surface area (Å²) in [5, 5.41) is 6.72. The first kappa shape index (κ1) is 28.0. The molecule has 0 bridgehead atoms. The van der Waals surface area contributed by atoms with Crippen LogP contribution in [0.15, 0.2) is 0 Å². The summed E-state index contributed by atoms with van der Waals surface area (Å²) in [5.41, 5.74) is 0.838. The van der Waals surface area contributed by atoms with Crippen molar-refractivity contribution in [2.75, 3.05) is 0 Å². The van der Waals surface area contributed by atoms with Crippen molar-refractivity contribution in [1.82, 2.24) is 10.6 Å². The topological polar surface area (TPSA) is 59.6 Å². The Balaban J connectivity index is 1.01. The quantitative estimate of drug-likeness (QED) is 0.372. The van der Waals surface area contributed by atoms with Crippen LogP contribution in [0.5, 0.6) is 0 Å². The van der Waals surface area contributed by atoms with Gasteiger partial charge in [0.25, 0.3) is 0 Å². The first-order chi connectivity index (χ1) is 19.3. The van der Waals surface area contributed by atoms with Crippen molar-refractivity contribution < 1.29 is 14.3 Å². The number of carbonyl (C=O) groups excluding carboxylic acids is 1. The molecule has 0 aromatic heterocycles. The van der Waals surface area contributed by atoms with E-state index in [9.17, 15) is 4.79 Å². The van der Waals surface area contributed by atoms with E-state index in [2.05, 4.69) is 38.3 Å². The van der Waals surface area contributed by atoms with E-state index in [4.69, 9.17) is 9.47 Å². The molecule has 5 aliphatic carbocycles. The van der Waals surface area contributed by atoms with Crippen LogP contribution in [-0.2, 0) is 9.47 Å². The number of fused-ring (bicyclic) bond motifs is 7. The maximum atomic E-state index is 12.8. The molecule has 0 radical (unpaired) electrons. The fourth-order valence-corrected chi connectivity index (χ4v) is 12.4. The molecule has 1 spiro atoms. The molecule has 7 rings (SSSR count). The first-order valence-corrected chi connectivity index (χ1v) is 17.7. The van der Waals surface area contributed by atoms with Crippen LogP contribution in [0.1, 0.15) is 137 Å². The van der Waals surface area contributed by atoms with Crippen LogP contribution in [0.4, 0.5) is 4.79 Å². The summed E-state index contributed by atoms with van der Waals surface area (Å²) in [5.74, 6) is 4.12. The van der Waals surface area contributed by atoms with Crippen LogP contribution in [0.25, 0.3) is 0 Å². The predicted molar refractivity (Wildman–Crippen MR) is 159 cm³/mol. The lowest BCUT2D eigenvalue weighted by Crippen LogP contribution is -2.57. The van der Waals surface area contributed by atoms with E-state index in [1.165, 1.54) is 77.0 Å². The van der Waals surface area contributed by atoms with E-state index in [1.807, 2.05) is 0 Å². The second-order valence-electron chi connectivity index (χ2n) is 16.2. The molecule has 2 aliphatic heterocycles. The van der Waals surface area contributed by atoms with E-state index >= 15 is 0 Å². The van der Waals surface area contributed by atoms with Crippen LogP contribution < -0.4 is 10.6 Å². The van der Waals surface area contributed by atoms with Crippen molar-refractivity contribution in [2.24, 2.45) is 46.3 Å². The highest BCUT2D eigenvalue weighted by Gasteiger charge is 2.69. The Bertz CT molecular complexity index is 951. The molecule has 1 unspecified atom stereocenters. The lowest BCUT2D eigenvalue weighted by Gasteiger charge is -2.61. The molecule has 5 heteroatoms.